The Morgan fingerprint density at radius 2 is 0.514 bits per heavy atom. The molecule has 0 atom stereocenters. The molecule has 10 aromatic carbocycles. The first-order valence-electron chi connectivity index (χ1n) is 23.9. The molecule has 0 N–H and O–H groups in total. The van der Waals surface area contributed by atoms with Gasteiger partial charge in [-0.15, -0.1) is 0 Å². The van der Waals surface area contributed by atoms with Crippen molar-refractivity contribution in [1.29, 1.82) is 0 Å². The number of aromatic nitrogens is 8. The first-order valence-corrected chi connectivity index (χ1v) is 23.9. The van der Waals surface area contributed by atoms with Crippen LogP contribution in [0.4, 0.5) is 0 Å². The number of fused-ring (bicyclic) bond motifs is 2. The summed E-state index contributed by atoms with van der Waals surface area (Å²) >= 11 is 0. The lowest BCUT2D eigenvalue weighted by Crippen LogP contribution is -2.01. The molecule has 0 aliphatic carbocycles. The summed E-state index contributed by atoms with van der Waals surface area (Å²) in [4.78, 5) is 39.8. The maximum absolute atomic E-state index is 5.28. The van der Waals surface area contributed by atoms with E-state index >= 15 is 0 Å². The van der Waals surface area contributed by atoms with Gasteiger partial charge < -0.3 is 0 Å². The molecule has 0 amide bonds. The molecule has 4 aromatic heterocycles. The van der Waals surface area contributed by atoms with Crippen molar-refractivity contribution >= 4 is 53.9 Å². The van der Waals surface area contributed by atoms with Gasteiger partial charge in [-0.3, -0.25) is 9.97 Å². The topological polar surface area (TPSA) is 103 Å². The molecule has 0 saturated carbocycles. The van der Waals surface area contributed by atoms with Gasteiger partial charge in [-0.1, -0.05) is 158 Å². The van der Waals surface area contributed by atoms with Crippen LogP contribution in [0.3, 0.4) is 0 Å². The van der Waals surface area contributed by atoms with E-state index in [0.717, 1.165) is 109 Å². The van der Waals surface area contributed by atoms with E-state index in [1.54, 1.807) is 0 Å². The number of pyridine rings is 2. The van der Waals surface area contributed by atoms with Crippen molar-refractivity contribution < 1.29 is 0 Å². The van der Waals surface area contributed by atoms with Crippen LogP contribution in [0, 0.1) is 0 Å². The van der Waals surface area contributed by atoms with Gasteiger partial charge in [0, 0.05) is 58.2 Å². The van der Waals surface area contributed by atoms with E-state index in [9.17, 15) is 0 Å². The Labute approximate surface area is 413 Å². The quantitative estimate of drug-likeness (QED) is 0.139. The second-order valence-electron chi connectivity index (χ2n) is 18.0. The first kappa shape index (κ1) is 41.1. The fourth-order valence-corrected chi connectivity index (χ4v) is 10.1. The molecule has 14 rings (SSSR count). The molecule has 8 nitrogen and oxygen atoms in total. The lowest BCUT2D eigenvalue weighted by atomic mass is 9.89. The maximum Gasteiger partial charge on any atom is 0.164 e. The van der Waals surface area contributed by atoms with Gasteiger partial charge in [0.2, 0.25) is 0 Å². The Morgan fingerprint density at radius 3 is 0.931 bits per heavy atom. The van der Waals surface area contributed by atoms with Crippen molar-refractivity contribution in [2.75, 3.05) is 0 Å². The standard InChI is InChI=1S/C64H38N8/c1-3-7-49-37-51(19-13-39(49)5-1)61-67-59(47-15-9-41(10-16-47)43-29-33-65-34-30-43)69-63(71-61)55-27-23-45-22-26-54-56(28-24-46-21-25-53(55)57(45)58(46)54)64-70-60(48-17-11-42(12-18-48)44-31-35-66-36-32-44)68-62(72-64)52-20-14-40-6-2-4-8-50(40)38-52/h1-38H. The minimum Gasteiger partial charge on any atom is -0.265 e. The van der Waals surface area contributed by atoms with Crippen LogP contribution in [-0.2, 0) is 0 Å². The maximum atomic E-state index is 5.28. The second kappa shape index (κ2) is 16.9. The van der Waals surface area contributed by atoms with Crippen LogP contribution in [0.2, 0.25) is 0 Å². The van der Waals surface area contributed by atoms with Gasteiger partial charge >= 0.3 is 0 Å². The summed E-state index contributed by atoms with van der Waals surface area (Å²) < 4.78 is 0. The van der Waals surface area contributed by atoms with Gasteiger partial charge in [-0.25, -0.2) is 29.9 Å². The fraction of sp³-hybridized carbons (Fsp3) is 0. The molecule has 8 heteroatoms. The minimum atomic E-state index is 0.594. The third-order valence-electron chi connectivity index (χ3n) is 13.7. The smallest absolute Gasteiger partial charge is 0.164 e. The van der Waals surface area contributed by atoms with Gasteiger partial charge in [-0.2, -0.15) is 0 Å². The summed E-state index contributed by atoms with van der Waals surface area (Å²) in [6.45, 7) is 0. The molecule has 0 radical (unpaired) electrons. The summed E-state index contributed by atoms with van der Waals surface area (Å²) in [6, 6.07) is 71.8. The van der Waals surface area contributed by atoms with Crippen molar-refractivity contribution in [1.82, 2.24) is 39.9 Å². The molecule has 0 aliphatic heterocycles. The Kier molecular flexibility index (Phi) is 9.67. The van der Waals surface area contributed by atoms with Crippen molar-refractivity contribution in [3.8, 4) is 90.6 Å². The summed E-state index contributed by atoms with van der Waals surface area (Å²) in [6.07, 6.45) is 7.25. The van der Waals surface area contributed by atoms with Crippen LogP contribution >= 0.6 is 0 Å². The van der Waals surface area contributed by atoms with Crippen molar-refractivity contribution in [2.24, 2.45) is 0 Å². The molecular weight excluding hydrogens is 881 g/mol. The Morgan fingerprint density at radius 1 is 0.208 bits per heavy atom. The molecule has 334 valence electrons. The summed E-state index contributed by atoms with van der Waals surface area (Å²) in [5.41, 5.74) is 9.81. The van der Waals surface area contributed by atoms with Crippen molar-refractivity contribution in [3.05, 3.63) is 231 Å². The van der Waals surface area contributed by atoms with E-state index in [2.05, 4.69) is 192 Å². The summed E-state index contributed by atoms with van der Waals surface area (Å²) in [5, 5.41) is 11.1. The zero-order chi connectivity index (χ0) is 47.5. The normalized spacial score (nSPS) is 11.6. The number of rotatable bonds is 8. The highest BCUT2D eigenvalue weighted by atomic mass is 15.0. The molecule has 0 saturated heterocycles. The van der Waals surface area contributed by atoms with Gasteiger partial charge in [0.05, 0.1) is 0 Å². The van der Waals surface area contributed by atoms with Gasteiger partial charge in [-0.05, 0) is 125 Å². The molecule has 0 fully saturated rings. The van der Waals surface area contributed by atoms with E-state index in [1.165, 1.54) is 0 Å². The lowest BCUT2D eigenvalue weighted by Gasteiger charge is -2.17. The molecule has 0 spiro atoms. The van der Waals surface area contributed by atoms with E-state index in [1.807, 2.05) is 49.1 Å². The predicted molar refractivity (Wildman–Crippen MR) is 291 cm³/mol. The molecule has 0 aliphatic rings. The zero-order valence-electron chi connectivity index (χ0n) is 38.5. The van der Waals surface area contributed by atoms with Crippen molar-refractivity contribution in [3.63, 3.8) is 0 Å². The van der Waals surface area contributed by atoms with Crippen molar-refractivity contribution in [2.45, 2.75) is 0 Å². The first-order chi connectivity index (χ1) is 35.6. The molecular formula is C64H38N8. The Balaban J connectivity index is 0.937. The van der Waals surface area contributed by atoms with E-state index < -0.39 is 0 Å². The lowest BCUT2D eigenvalue weighted by molar-refractivity contribution is 1.08. The van der Waals surface area contributed by atoms with Gasteiger partial charge in [0.15, 0.2) is 34.9 Å². The summed E-state index contributed by atoms with van der Waals surface area (Å²) in [7, 11) is 0. The molecule has 0 bridgehead atoms. The highest BCUT2D eigenvalue weighted by Crippen LogP contribution is 2.42. The zero-order valence-corrected chi connectivity index (χ0v) is 38.5. The van der Waals surface area contributed by atoms with Gasteiger partial charge in [0.1, 0.15) is 0 Å². The van der Waals surface area contributed by atoms with Crippen LogP contribution in [0.25, 0.3) is 144 Å². The third-order valence-corrected chi connectivity index (χ3v) is 13.7. The molecule has 14 aromatic rings. The monoisotopic (exact) mass is 918 g/mol. The van der Waals surface area contributed by atoms with E-state index in [4.69, 9.17) is 29.9 Å². The average Bonchev–Trinajstić information content (AvgIpc) is 3.46. The minimum absolute atomic E-state index is 0.594. The van der Waals surface area contributed by atoms with Crippen LogP contribution in [-0.4, -0.2) is 39.9 Å². The Bertz CT molecular complexity index is 4090. The fourth-order valence-electron chi connectivity index (χ4n) is 10.1. The summed E-state index contributed by atoms with van der Waals surface area (Å²) in [5.74, 6) is 3.58. The highest BCUT2D eigenvalue weighted by molar-refractivity contribution is 6.27. The molecule has 4 heterocycles. The number of hydrogen-bond acceptors (Lipinski definition) is 8. The van der Waals surface area contributed by atoms with Crippen LogP contribution in [0.1, 0.15) is 0 Å². The number of hydrogen-bond donors (Lipinski definition) is 0. The SMILES string of the molecule is c1ccc2cc(-c3nc(-c4ccc(-c5ccncc5)cc4)nc(-c4ccc5ccc6c(-c7nc(-c8ccc(-c9ccncc9)cc8)nc(-c8ccc9ccccc9c8)n7)ccc7ccc4c5c76)n3)ccc2c1. The molecule has 72 heavy (non-hydrogen) atoms. The van der Waals surface area contributed by atoms with E-state index in [0.29, 0.717) is 34.9 Å². The average molecular weight is 919 g/mol. The second-order valence-corrected chi connectivity index (χ2v) is 18.0. The van der Waals surface area contributed by atoms with Crippen LogP contribution in [0.15, 0.2) is 231 Å². The van der Waals surface area contributed by atoms with Crippen LogP contribution in [0.5, 0.6) is 0 Å². The Hall–Kier alpha value is -9.92. The van der Waals surface area contributed by atoms with E-state index in [-0.39, 0.29) is 0 Å². The third kappa shape index (κ3) is 7.25. The highest BCUT2D eigenvalue weighted by Gasteiger charge is 2.21. The predicted octanol–water partition coefficient (Wildman–Crippen LogP) is 15.4. The molecule has 0 unspecified atom stereocenters. The van der Waals surface area contributed by atoms with Crippen LogP contribution < -0.4 is 0 Å². The number of benzene rings is 10. The largest absolute Gasteiger partial charge is 0.265 e. The van der Waals surface area contributed by atoms with Gasteiger partial charge in [0.25, 0.3) is 0 Å². The number of nitrogens with zero attached hydrogens (tertiary/aromatic N) is 8.